The molecule has 1 amide bonds. The molecule has 0 unspecified atom stereocenters. The summed E-state index contributed by atoms with van der Waals surface area (Å²) >= 11 is 0. The van der Waals surface area contributed by atoms with Gasteiger partial charge in [0.1, 0.15) is 5.75 Å². The topological polar surface area (TPSA) is 41.6 Å². The molecule has 31 heavy (non-hydrogen) atoms. The highest BCUT2D eigenvalue weighted by molar-refractivity contribution is 5.80. The Bertz CT molecular complexity index is 788. The van der Waals surface area contributed by atoms with Crippen molar-refractivity contribution in [3.8, 4) is 5.75 Å². The first-order valence-electron chi connectivity index (χ1n) is 10.8. The Balaban J connectivity index is 1.48. The van der Waals surface area contributed by atoms with Gasteiger partial charge in [-0.1, -0.05) is 24.6 Å². The smallest absolute Gasteiger partial charge is 0.389 e. The first-order chi connectivity index (χ1) is 14.7. The van der Waals surface area contributed by atoms with Gasteiger partial charge in [0.15, 0.2) is 0 Å². The van der Waals surface area contributed by atoms with E-state index >= 15 is 0 Å². The van der Waals surface area contributed by atoms with Gasteiger partial charge in [0.05, 0.1) is 19.2 Å². The maximum Gasteiger partial charge on any atom is 0.389 e. The standard InChI is InChI=1S/C23H30F4N2O2/c1-16-10-18-12-21(31-9-2-6-23(25,26)27)5-4-17(18)11-19(16)13-29-14-20(15-29)22(30)28-8-3-7-24/h4-5,11-12,16,20H,2-3,6-10,13-15H2,1H3,(H,28,30)/t16-/m0/s1. The second-order valence-corrected chi connectivity index (χ2v) is 8.48. The molecule has 2 aliphatic rings. The summed E-state index contributed by atoms with van der Waals surface area (Å²) in [5.74, 6) is 0.923. The van der Waals surface area contributed by atoms with Crippen LogP contribution in [0, 0.1) is 11.8 Å². The molecule has 1 heterocycles. The van der Waals surface area contributed by atoms with Gasteiger partial charge in [-0.3, -0.25) is 14.1 Å². The quantitative estimate of drug-likeness (QED) is 0.432. The van der Waals surface area contributed by atoms with Crippen molar-refractivity contribution in [2.24, 2.45) is 11.8 Å². The fourth-order valence-corrected chi connectivity index (χ4v) is 4.00. The van der Waals surface area contributed by atoms with Crippen LogP contribution >= 0.6 is 0 Å². The molecule has 1 N–H and O–H groups in total. The highest BCUT2D eigenvalue weighted by atomic mass is 19.4. The van der Waals surface area contributed by atoms with Crippen molar-refractivity contribution < 1.29 is 27.1 Å². The van der Waals surface area contributed by atoms with E-state index < -0.39 is 19.3 Å². The molecule has 1 atom stereocenters. The van der Waals surface area contributed by atoms with Crippen LogP contribution in [-0.4, -0.2) is 56.4 Å². The zero-order chi connectivity index (χ0) is 22.4. The molecule has 1 aliphatic heterocycles. The van der Waals surface area contributed by atoms with Crippen molar-refractivity contribution in [3.05, 3.63) is 34.9 Å². The third kappa shape index (κ3) is 6.95. The molecule has 0 radical (unpaired) electrons. The summed E-state index contributed by atoms with van der Waals surface area (Å²) in [5.41, 5.74) is 3.55. The Labute approximate surface area is 180 Å². The molecular formula is C23H30F4N2O2. The molecule has 0 bridgehead atoms. The third-order valence-electron chi connectivity index (χ3n) is 5.83. The van der Waals surface area contributed by atoms with Crippen molar-refractivity contribution in [3.63, 3.8) is 0 Å². The van der Waals surface area contributed by atoms with Gasteiger partial charge in [-0.15, -0.1) is 0 Å². The largest absolute Gasteiger partial charge is 0.494 e. The molecule has 0 aromatic heterocycles. The summed E-state index contributed by atoms with van der Waals surface area (Å²) in [7, 11) is 0. The average molecular weight is 442 g/mol. The minimum absolute atomic E-state index is 0.00322. The van der Waals surface area contributed by atoms with Gasteiger partial charge >= 0.3 is 6.18 Å². The van der Waals surface area contributed by atoms with Crippen LogP contribution in [0.25, 0.3) is 6.08 Å². The van der Waals surface area contributed by atoms with Crippen LogP contribution in [0.3, 0.4) is 0 Å². The zero-order valence-corrected chi connectivity index (χ0v) is 17.8. The van der Waals surface area contributed by atoms with Crippen LogP contribution < -0.4 is 10.1 Å². The van der Waals surface area contributed by atoms with E-state index in [0.29, 0.717) is 37.7 Å². The molecule has 1 aromatic rings. The number of ether oxygens (including phenoxy) is 1. The minimum atomic E-state index is -4.15. The van der Waals surface area contributed by atoms with Crippen LogP contribution in [0.4, 0.5) is 17.6 Å². The van der Waals surface area contributed by atoms with Crippen molar-refractivity contribution in [1.29, 1.82) is 0 Å². The van der Waals surface area contributed by atoms with Crippen LogP contribution in [0.5, 0.6) is 5.75 Å². The third-order valence-corrected chi connectivity index (χ3v) is 5.83. The number of hydrogen-bond acceptors (Lipinski definition) is 3. The Morgan fingerprint density at radius 3 is 2.74 bits per heavy atom. The summed E-state index contributed by atoms with van der Waals surface area (Å²) in [6.45, 7) is 4.41. The van der Waals surface area contributed by atoms with E-state index in [2.05, 4.69) is 23.2 Å². The molecule has 172 valence electrons. The lowest BCUT2D eigenvalue weighted by atomic mass is 9.83. The van der Waals surface area contributed by atoms with Gasteiger partial charge in [-0.2, -0.15) is 13.2 Å². The van der Waals surface area contributed by atoms with E-state index in [0.717, 1.165) is 24.1 Å². The number of rotatable bonds is 10. The van der Waals surface area contributed by atoms with Gasteiger partial charge in [0.25, 0.3) is 0 Å². The molecule has 0 spiro atoms. The number of nitrogens with one attached hydrogen (secondary N) is 1. The van der Waals surface area contributed by atoms with Crippen LogP contribution in [0.15, 0.2) is 23.8 Å². The van der Waals surface area contributed by atoms with Crippen LogP contribution in [0.1, 0.15) is 37.3 Å². The van der Waals surface area contributed by atoms with Gasteiger partial charge in [0.2, 0.25) is 5.91 Å². The number of benzene rings is 1. The van der Waals surface area contributed by atoms with Gasteiger partial charge in [-0.25, -0.2) is 0 Å². The first-order valence-corrected chi connectivity index (χ1v) is 10.8. The van der Waals surface area contributed by atoms with Crippen molar-refractivity contribution >= 4 is 12.0 Å². The molecule has 1 aliphatic carbocycles. The average Bonchev–Trinajstić information content (AvgIpc) is 2.67. The second kappa shape index (κ2) is 10.5. The number of carbonyl (C=O) groups is 1. The monoisotopic (exact) mass is 442 g/mol. The molecule has 1 aromatic carbocycles. The Morgan fingerprint density at radius 2 is 2.03 bits per heavy atom. The number of nitrogens with zero attached hydrogens (tertiary/aromatic N) is 1. The number of likely N-dealkylation sites (tertiary alicyclic amines) is 1. The SMILES string of the molecule is C[C@H]1Cc2cc(OCCCC(F)(F)F)ccc2C=C1CN1CC(C(=O)NCCCF)C1. The van der Waals surface area contributed by atoms with Gasteiger partial charge in [-0.05, 0) is 48.4 Å². The van der Waals surface area contributed by atoms with E-state index in [4.69, 9.17) is 4.74 Å². The van der Waals surface area contributed by atoms with Crippen molar-refractivity contribution in [2.45, 2.75) is 38.8 Å². The summed E-state index contributed by atoms with van der Waals surface area (Å²) < 4.78 is 54.3. The van der Waals surface area contributed by atoms with E-state index in [9.17, 15) is 22.4 Å². The predicted octanol–water partition coefficient (Wildman–Crippen LogP) is 4.39. The lowest BCUT2D eigenvalue weighted by Gasteiger charge is -2.40. The van der Waals surface area contributed by atoms with Crippen LogP contribution in [-0.2, 0) is 11.2 Å². The molecule has 3 rings (SSSR count). The zero-order valence-electron chi connectivity index (χ0n) is 17.8. The van der Waals surface area contributed by atoms with Gasteiger partial charge in [0, 0.05) is 32.6 Å². The number of amides is 1. The fraction of sp³-hybridized carbons (Fsp3) is 0.609. The van der Waals surface area contributed by atoms with Gasteiger partial charge < -0.3 is 10.1 Å². The Morgan fingerprint density at radius 1 is 1.26 bits per heavy atom. The summed E-state index contributed by atoms with van der Waals surface area (Å²) in [6.07, 6.45) is -1.66. The second-order valence-electron chi connectivity index (χ2n) is 8.48. The molecule has 1 fully saturated rings. The molecule has 8 heteroatoms. The van der Waals surface area contributed by atoms with E-state index in [1.165, 1.54) is 5.57 Å². The number of hydrogen-bond donors (Lipinski definition) is 1. The predicted molar refractivity (Wildman–Crippen MR) is 112 cm³/mol. The Hall–Kier alpha value is -2.09. The van der Waals surface area contributed by atoms with E-state index in [1.807, 2.05) is 12.1 Å². The maximum atomic E-state index is 12.2. The minimum Gasteiger partial charge on any atom is -0.494 e. The molecule has 1 saturated heterocycles. The molecule has 4 nitrogen and oxygen atoms in total. The normalized spacial score (nSPS) is 19.4. The number of alkyl halides is 4. The number of fused-ring (bicyclic) bond motifs is 1. The highest BCUT2D eigenvalue weighted by Gasteiger charge is 2.33. The maximum absolute atomic E-state index is 12.2. The molecule has 0 saturated carbocycles. The molecular weight excluding hydrogens is 412 g/mol. The lowest BCUT2D eigenvalue weighted by molar-refractivity contribution is -0.136. The van der Waals surface area contributed by atoms with Crippen molar-refractivity contribution in [2.75, 3.05) is 39.5 Å². The van der Waals surface area contributed by atoms with E-state index in [1.54, 1.807) is 6.07 Å². The summed E-state index contributed by atoms with van der Waals surface area (Å²) in [6, 6.07) is 5.68. The highest BCUT2D eigenvalue weighted by Crippen LogP contribution is 2.32. The van der Waals surface area contributed by atoms with E-state index in [-0.39, 0.29) is 24.9 Å². The van der Waals surface area contributed by atoms with Crippen molar-refractivity contribution in [1.82, 2.24) is 10.2 Å². The lowest BCUT2D eigenvalue weighted by Crippen LogP contribution is -2.54. The fourth-order valence-electron chi connectivity index (χ4n) is 4.00. The summed E-state index contributed by atoms with van der Waals surface area (Å²) in [4.78, 5) is 14.2. The first kappa shape index (κ1) is 23.6. The summed E-state index contributed by atoms with van der Waals surface area (Å²) in [5, 5.41) is 2.77. The number of carbonyl (C=O) groups excluding carboxylic acids is 1. The Kier molecular flexibility index (Phi) is 7.97. The van der Waals surface area contributed by atoms with Crippen LogP contribution in [0.2, 0.25) is 0 Å². The number of halogens is 4.